The molecule has 25 heavy (non-hydrogen) atoms. The zero-order chi connectivity index (χ0) is 19.0. The minimum Gasteiger partial charge on any atom is -0.272 e. The second-order valence-electron chi connectivity index (χ2n) is 7.75. The summed E-state index contributed by atoms with van der Waals surface area (Å²) in [6.07, 6.45) is 0.899. The Bertz CT molecular complexity index is 580. The molecule has 0 aliphatic rings. The third-order valence-electron chi connectivity index (χ3n) is 5.31. The van der Waals surface area contributed by atoms with Crippen LogP contribution in [-0.4, -0.2) is 14.0 Å². The van der Waals surface area contributed by atoms with Gasteiger partial charge in [0, 0.05) is 6.42 Å². The van der Waals surface area contributed by atoms with Crippen LogP contribution < -0.4 is 5.54 Å². The first-order valence-corrected chi connectivity index (χ1v) is 11.4. The molecule has 0 bridgehead atoms. The summed E-state index contributed by atoms with van der Waals surface area (Å²) >= 11 is 0. The molecule has 0 aromatic heterocycles. The Balaban J connectivity index is 3.02. The third-order valence-corrected chi connectivity index (χ3v) is 11.7. The van der Waals surface area contributed by atoms with Crippen LogP contribution in [0, 0.1) is 17.4 Å². The maximum atomic E-state index is 12.7. The summed E-state index contributed by atoms with van der Waals surface area (Å²) in [5.41, 5.74) is 7.58. The number of carbonyl (C=O) groups excluding carboxylic acids is 1. The van der Waals surface area contributed by atoms with Gasteiger partial charge in [-0.2, -0.15) is 5.54 Å². The van der Waals surface area contributed by atoms with E-state index in [2.05, 4.69) is 53.0 Å². The van der Waals surface area contributed by atoms with Gasteiger partial charge in [-0.05, 0) is 28.6 Å². The smallest absolute Gasteiger partial charge is 0.252 e. The molecule has 2 nitrogen and oxygen atoms in total. The maximum Gasteiger partial charge on any atom is 0.252 e. The first kappa shape index (κ1) is 21.4. The van der Waals surface area contributed by atoms with E-state index in [1.165, 1.54) is 5.54 Å². The molecule has 1 atom stereocenters. The molecule has 0 saturated carbocycles. The number of rotatable bonds is 7. The van der Waals surface area contributed by atoms with Crippen LogP contribution in [0.5, 0.6) is 0 Å². The molecule has 4 heteroatoms. The second kappa shape index (κ2) is 9.77. The lowest BCUT2D eigenvalue weighted by Crippen LogP contribution is -2.43. The van der Waals surface area contributed by atoms with Gasteiger partial charge in [-0.1, -0.05) is 71.9 Å². The van der Waals surface area contributed by atoms with Crippen molar-refractivity contribution < 1.29 is 9.28 Å². The van der Waals surface area contributed by atoms with E-state index in [1.807, 2.05) is 30.3 Å². The summed E-state index contributed by atoms with van der Waals surface area (Å²) in [5, 5.41) is 0. The Kier molecular flexibility index (Phi) is 8.38. The van der Waals surface area contributed by atoms with Crippen molar-refractivity contribution in [3.8, 4) is 11.5 Å². The van der Waals surface area contributed by atoms with Gasteiger partial charge in [0.2, 0.25) is 0 Å². The third kappa shape index (κ3) is 5.44. The van der Waals surface area contributed by atoms with E-state index in [0.717, 1.165) is 5.56 Å². The first-order chi connectivity index (χ1) is 11.8. The Morgan fingerprint density at radius 1 is 1.04 bits per heavy atom. The van der Waals surface area contributed by atoms with Crippen molar-refractivity contribution in [2.24, 2.45) is 5.92 Å². The molecular formula is C21H32FNOSi. The number of amides is 1. The molecule has 1 amide bonds. The fourth-order valence-electron chi connectivity index (χ4n) is 3.99. The number of benzene rings is 1. The van der Waals surface area contributed by atoms with Gasteiger partial charge in [0.05, 0.1) is 5.92 Å². The van der Waals surface area contributed by atoms with Crippen molar-refractivity contribution in [1.29, 1.82) is 0 Å². The zero-order valence-electron chi connectivity index (χ0n) is 16.4. The summed E-state index contributed by atoms with van der Waals surface area (Å²) in [6, 6.07) is 9.71. The van der Waals surface area contributed by atoms with Gasteiger partial charge >= 0.3 is 0 Å². The van der Waals surface area contributed by atoms with Crippen molar-refractivity contribution >= 4 is 14.0 Å². The summed E-state index contributed by atoms with van der Waals surface area (Å²) in [5.74, 6) is 2.25. The summed E-state index contributed by atoms with van der Waals surface area (Å²) in [6.45, 7) is 13.6. The molecule has 0 aliphatic carbocycles. The number of nitrogens with one attached hydrogen (secondary N) is 1. The molecule has 0 spiro atoms. The molecule has 0 unspecified atom stereocenters. The Morgan fingerprint density at radius 2 is 1.56 bits per heavy atom. The standard InChI is InChI=1S/C21H32FNOSi/c1-16(2)25(17(3)4,18(5)6)14-10-13-20(21(24)23-22)15-19-11-8-7-9-12-19/h7-9,11-12,16-18,20H,13,15H2,1-6H3,(H,23,24)/t20-/m0/s1. The Morgan fingerprint density at radius 3 is 2.00 bits per heavy atom. The molecule has 138 valence electrons. The van der Waals surface area contributed by atoms with E-state index >= 15 is 0 Å². The number of hydrogen-bond acceptors (Lipinski definition) is 1. The predicted octanol–water partition coefficient (Wildman–Crippen LogP) is 5.46. The quantitative estimate of drug-likeness (QED) is 0.390. The van der Waals surface area contributed by atoms with Gasteiger partial charge in [-0.15, -0.1) is 15.9 Å². The highest BCUT2D eigenvalue weighted by Crippen LogP contribution is 2.40. The van der Waals surface area contributed by atoms with Gasteiger partial charge in [-0.3, -0.25) is 4.79 Å². The number of halogens is 1. The maximum absolute atomic E-state index is 12.7. The first-order valence-electron chi connectivity index (χ1n) is 9.20. The molecule has 0 fully saturated rings. The number of hydrogen-bond donors (Lipinski definition) is 1. The molecule has 1 rings (SSSR count). The van der Waals surface area contributed by atoms with Gasteiger partial charge < -0.3 is 0 Å². The van der Waals surface area contributed by atoms with Crippen LogP contribution >= 0.6 is 0 Å². The van der Waals surface area contributed by atoms with Gasteiger partial charge in [0.15, 0.2) is 0 Å². The largest absolute Gasteiger partial charge is 0.272 e. The van der Waals surface area contributed by atoms with Gasteiger partial charge in [-0.25, -0.2) is 0 Å². The molecule has 1 aromatic rings. The van der Waals surface area contributed by atoms with Crippen LogP contribution in [0.25, 0.3) is 0 Å². The van der Waals surface area contributed by atoms with Crippen LogP contribution in [0.2, 0.25) is 16.6 Å². The van der Waals surface area contributed by atoms with E-state index < -0.39 is 19.9 Å². The molecule has 1 aromatic carbocycles. The van der Waals surface area contributed by atoms with Crippen molar-refractivity contribution in [3.05, 3.63) is 35.9 Å². The van der Waals surface area contributed by atoms with E-state index in [4.69, 9.17) is 0 Å². The van der Waals surface area contributed by atoms with Crippen molar-refractivity contribution in [2.75, 3.05) is 0 Å². The van der Waals surface area contributed by atoms with Crippen molar-refractivity contribution in [1.82, 2.24) is 5.54 Å². The lowest BCUT2D eigenvalue weighted by Gasteiger charge is -2.38. The van der Waals surface area contributed by atoms with Crippen molar-refractivity contribution in [3.63, 3.8) is 0 Å². The lowest BCUT2D eigenvalue weighted by molar-refractivity contribution is -0.129. The normalized spacial score (nSPS) is 12.9. The van der Waals surface area contributed by atoms with E-state index in [9.17, 15) is 9.28 Å². The lowest BCUT2D eigenvalue weighted by atomic mass is 9.96. The van der Waals surface area contributed by atoms with Gasteiger partial charge in [0.1, 0.15) is 8.07 Å². The second-order valence-corrected chi connectivity index (χ2v) is 13.3. The average molecular weight is 362 g/mol. The molecule has 1 N–H and O–H groups in total. The van der Waals surface area contributed by atoms with Crippen LogP contribution in [-0.2, 0) is 11.2 Å². The van der Waals surface area contributed by atoms with E-state index in [1.54, 1.807) is 0 Å². The average Bonchev–Trinajstić information content (AvgIpc) is 2.56. The van der Waals surface area contributed by atoms with Crippen LogP contribution in [0.4, 0.5) is 4.48 Å². The molecule has 0 heterocycles. The van der Waals surface area contributed by atoms with Crippen LogP contribution in [0.1, 0.15) is 53.5 Å². The molecule has 0 aliphatic heterocycles. The molecular weight excluding hydrogens is 329 g/mol. The summed E-state index contributed by atoms with van der Waals surface area (Å²) in [4.78, 5) is 11.9. The highest BCUT2D eigenvalue weighted by molar-refractivity contribution is 6.90. The fourth-order valence-corrected chi connectivity index (χ4v) is 9.27. The van der Waals surface area contributed by atoms with E-state index in [-0.39, 0.29) is 0 Å². The highest BCUT2D eigenvalue weighted by atomic mass is 28.3. The van der Waals surface area contributed by atoms with Crippen molar-refractivity contribution in [2.45, 2.75) is 71.0 Å². The SMILES string of the molecule is CC(C)[Si](C#CC[C@@H](Cc1ccccc1)C(=O)NF)(C(C)C)C(C)C. The topological polar surface area (TPSA) is 29.1 Å². The van der Waals surface area contributed by atoms with Gasteiger partial charge in [0.25, 0.3) is 5.91 Å². The minimum absolute atomic E-state index is 0.394. The van der Waals surface area contributed by atoms with E-state index in [0.29, 0.717) is 29.5 Å². The fraction of sp³-hybridized carbons (Fsp3) is 0.571. The minimum atomic E-state index is -1.82. The summed E-state index contributed by atoms with van der Waals surface area (Å²) in [7, 11) is -1.82. The number of carbonyl (C=O) groups is 1. The monoisotopic (exact) mass is 361 g/mol. The zero-order valence-corrected chi connectivity index (χ0v) is 17.4. The summed E-state index contributed by atoms with van der Waals surface area (Å²) < 4.78 is 12.7. The Labute approximate surface area is 153 Å². The Hall–Kier alpha value is -1.60. The predicted molar refractivity (Wildman–Crippen MR) is 106 cm³/mol. The molecule has 0 saturated heterocycles. The highest BCUT2D eigenvalue weighted by Gasteiger charge is 2.41. The molecule has 0 radical (unpaired) electrons. The van der Waals surface area contributed by atoms with Crippen LogP contribution in [0.3, 0.4) is 0 Å². The van der Waals surface area contributed by atoms with Crippen LogP contribution in [0.15, 0.2) is 30.3 Å².